The highest BCUT2D eigenvalue weighted by Crippen LogP contribution is 2.28. The van der Waals surface area contributed by atoms with Gasteiger partial charge in [0.05, 0.1) is 31.2 Å². The van der Waals surface area contributed by atoms with Gasteiger partial charge in [-0.2, -0.15) is 0 Å². The van der Waals surface area contributed by atoms with Gasteiger partial charge in [0.25, 0.3) is 0 Å². The lowest BCUT2D eigenvalue weighted by Gasteiger charge is -2.22. The van der Waals surface area contributed by atoms with Crippen LogP contribution in [0, 0.1) is 0 Å². The number of carbonyl (C=O) groups is 1. The predicted molar refractivity (Wildman–Crippen MR) is 110 cm³/mol. The third-order valence-corrected chi connectivity index (χ3v) is 5.44. The maximum atomic E-state index is 12.3. The number of benzene rings is 2. The number of amides is 1. The van der Waals surface area contributed by atoms with E-state index in [9.17, 15) is 13.2 Å². The van der Waals surface area contributed by atoms with Crippen LogP contribution in [-0.4, -0.2) is 47.9 Å². The molecule has 28 heavy (non-hydrogen) atoms. The Bertz CT molecular complexity index is 934. The summed E-state index contributed by atoms with van der Waals surface area (Å²) in [7, 11) is -0.559. The van der Waals surface area contributed by atoms with Gasteiger partial charge in [-0.15, -0.1) is 0 Å². The van der Waals surface area contributed by atoms with Crippen molar-refractivity contribution in [2.45, 2.75) is 6.42 Å². The van der Waals surface area contributed by atoms with E-state index in [1.54, 1.807) is 44.6 Å². The lowest BCUT2D eigenvalue weighted by atomic mass is 10.1. The first-order valence-electron chi connectivity index (χ1n) is 8.46. The van der Waals surface area contributed by atoms with Crippen LogP contribution in [0.25, 0.3) is 0 Å². The fourth-order valence-electron chi connectivity index (χ4n) is 2.60. The van der Waals surface area contributed by atoms with Gasteiger partial charge >= 0.3 is 0 Å². The quantitative estimate of drug-likeness (QED) is 0.665. The molecule has 0 unspecified atom stereocenters. The van der Waals surface area contributed by atoms with Crippen LogP contribution in [0.2, 0.25) is 5.02 Å². The topological polar surface area (TPSA) is 84.9 Å². The van der Waals surface area contributed by atoms with E-state index >= 15 is 0 Å². The van der Waals surface area contributed by atoms with Gasteiger partial charge in [0.1, 0.15) is 6.54 Å². The number of sulfonamides is 1. The zero-order valence-electron chi connectivity index (χ0n) is 15.9. The van der Waals surface area contributed by atoms with Crippen LogP contribution in [0.15, 0.2) is 42.5 Å². The Morgan fingerprint density at radius 1 is 1.11 bits per heavy atom. The molecule has 0 radical (unpaired) electrons. The molecule has 9 heteroatoms. The Hall–Kier alpha value is -2.45. The third kappa shape index (κ3) is 5.77. The van der Waals surface area contributed by atoms with E-state index in [0.29, 0.717) is 24.5 Å². The van der Waals surface area contributed by atoms with Crippen LogP contribution in [-0.2, 0) is 21.2 Å². The van der Waals surface area contributed by atoms with Crippen molar-refractivity contribution < 1.29 is 22.7 Å². The zero-order chi connectivity index (χ0) is 20.7. The molecule has 1 N–H and O–H groups in total. The molecule has 0 aliphatic rings. The van der Waals surface area contributed by atoms with Crippen molar-refractivity contribution in [3.05, 3.63) is 53.1 Å². The zero-order valence-corrected chi connectivity index (χ0v) is 17.5. The molecule has 2 aromatic carbocycles. The van der Waals surface area contributed by atoms with Crippen LogP contribution < -0.4 is 19.1 Å². The number of hydrogen-bond donors (Lipinski definition) is 1. The molecule has 0 aliphatic heterocycles. The molecule has 0 aromatic heterocycles. The van der Waals surface area contributed by atoms with Crippen molar-refractivity contribution in [1.82, 2.24) is 5.32 Å². The first-order valence-corrected chi connectivity index (χ1v) is 10.7. The molecule has 0 aliphatic carbocycles. The molecule has 0 saturated carbocycles. The molecular weight excluding hydrogens is 404 g/mol. The van der Waals surface area contributed by atoms with Gasteiger partial charge in [-0.25, -0.2) is 8.42 Å². The summed E-state index contributed by atoms with van der Waals surface area (Å²) in [5.74, 6) is 0.804. The minimum absolute atomic E-state index is 0.256. The predicted octanol–water partition coefficient (Wildman–Crippen LogP) is 2.48. The van der Waals surface area contributed by atoms with E-state index in [4.69, 9.17) is 21.1 Å². The number of para-hydroxylation sites is 1. The van der Waals surface area contributed by atoms with Gasteiger partial charge in [-0.1, -0.05) is 29.8 Å². The number of nitrogens with one attached hydrogen (secondary N) is 1. The SMILES string of the molecule is COc1ccc(CCNC(=O)CN(c2ccccc2Cl)S(C)(=O)=O)cc1OC. The maximum absolute atomic E-state index is 12.3. The van der Waals surface area contributed by atoms with Crippen molar-refractivity contribution in [1.29, 1.82) is 0 Å². The smallest absolute Gasteiger partial charge is 0.240 e. The molecule has 2 aromatic rings. The first-order chi connectivity index (χ1) is 13.3. The lowest BCUT2D eigenvalue weighted by molar-refractivity contribution is -0.119. The number of carbonyl (C=O) groups excluding carboxylic acids is 1. The summed E-state index contributed by atoms with van der Waals surface area (Å²) in [5.41, 5.74) is 1.21. The van der Waals surface area contributed by atoms with Gasteiger partial charge in [0.2, 0.25) is 15.9 Å². The third-order valence-electron chi connectivity index (χ3n) is 3.99. The molecule has 1 amide bonds. The summed E-state index contributed by atoms with van der Waals surface area (Å²) in [6.45, 7) is -0.0110. The van der Waals surface area contributed by atoms with Crippen LogP contribution in [0.4, 0.5) is 5.69 Å². The van der Waals surface area contributed by atoms with Gasteiger partial charge in [-0.3, -0.25) is 9.10 Å². The standard InChI is InChI=1S/C19H23ClN2O5S/c1-26-17-9-8-14(12-18(17)27-2)10-11-21-19(23)13-22(28(3,24)25)16-7-5-4-6-15(16)20/h4-9,12H,10-11,13H2,1-3H3,(H,21,23). The Labute approximate surface area is 170 Å². The molecule has 0 saturated heterocycles. The lowest BCUT2D eigenvalue weighted by Crippen LogP contribution is -2.41. The molecule has 0 fully saturated rings. The molecule has 152 valence electrons. The van der Waals surface area contributed by atoms with Crippen molar-refractivity contribution >= 4 is 33.2 Å². The van der Waals surface area contributed by atoms with Crippen LogP contribution in [0.3, 0.4) is 0 Å². The molecule has 0 heterocycles. The van der Waals surface area contributed by atoms with Crippen LogP contribution >= 0.6 is 11.6 Å². The molecule has 7 nitrogen and oxygen atoms in total. The average Bonchev–Trinajstić information content (AvgIpc) is 2.65. The van der Waals surface area contributed by atoms with Crippen LogP contribution in [0.5, 0.6) is 11.5 Å². The number of methoxy groups -OCH3 is 2. The summed E-state index contributed by atoms with van der Waals surface area (Å²) < 4.78 is 35.7. The number of nitrogens with zero attached hydrogens (tertiary/aromatic N) is 1. The number of rotatable bonds is 9. The molecule has 0 bridgehead atoms. The Morgan fingerprint density at radius 2 is 1.79 bits per heavy atom. The number of halogens is 1. The van der Waals surface area contributed by atoms with Crippen molar-refractivity contribution in [2.24, 2.45) is 0 Å². The highest BCUT2D eigenvalue weighted by molar-refractivity contribution is 7.92. The van der Waals surface area contributed by atoms with Crippen LogP contribution in [0.1, 0.15) is 5.56 Å². The summed E-state index contributed by atoms with van der Waals surface area (Å²) >= 11 is 6.09. The number of anilines is 1. The summed E-state index contributed by atoms with van der Waals surface area (Å²) in [6.07, 6.45) is 1.59. The largest absolute Gasteiger partial charge is 0.493 e. The fraction of sp³-hybridized carbons (Fsp3) is 0.316. The highest BCUT2D eigenvalue weighted by Gasteiger charge is 2.22. The van der Waals surface area contributed by atoms with E-state index in [0.717, 1.165) is 16.1 Å². The Kier molecular flexibility index (Phi) is 7.53. The second-order valence-electron chi connectivity index (χ2n) is 6.01. The van der Waals surface area contributed by atoms with E-state index in [-0.39, 0.29) is 17.3 Å². The second-order valence-corrected chi connectivity index (χ2v) is 8.32. The molecule has 2 rings (SSSR count). The monoisotopic (exact) mass is 426 g/mol. The van der Waals surface area contributed by atoms with Gasteiger partial charge in [0, 0.05) is 6.54 Å². The minimum Gasteiger partial charge on any atom is -0.493 e. The number of ether oxygens (including phenoxy) is 2. The van der Waals surface area contributed by atoms with Crippen molar-refractivity contribution in [3.63, 3.8) is 0 Å². The van der Waals surface area contributed by atoms with E-state index in [1.165, 1.54) is 0 Å². The second kappa shape index (κ2) is 9.66. The van der Waals surface area contributed by atoms with Gasteiger partial charge < -0.3 is 14.8 Å². The average molecular weight is 427 g/mol. The van der Waals surface area contributed by atoms with E-state index < -0.39 is 15.9 Å². The summed E-state index contributed by atoms with van der Waals surface area (Å²) in [6, 6.07) is 12.0. The van der Waals surface area contributed by atoms with Crippen molar-refractivity contribution in [2.75, 3.05) is 37.9 Å². The fourth-order valence-corrected chi connectivity index (χ4v) is 3.76. The molecule has 0 atom stereocenters. The number of hydrogen-bond acceptors (Lipinski definition) is 5. The summed E-state index contributed by atoms with van der Waals surface area (Å²) in [5, 5.41) is 2.98. The van der Waals surface area contributed by atoms with E-state index in [2.05, 4.69) is 5.32 Å². The minimum atomic E-state index is -3.67. The summed E-state index contributed by atoms with van der Waals surface area (Å²) in [4.78, 5) is 12.3. The van der Waals surface area contributed by atoms with Crippen molar-refractivity contribution in [3.8, 4) is 11.5 Å². The maximum Gasteiger partial charge on any atom is 0.240 e. The Morgan fingerprint density at radius 3 is 2.39 bits per heavy atom. The van der Waals surface area contributed by atoms with Gasteiger partial charge in [-0.05, 0) is 36.2 Å². The normalized spacial score (nSPS) is 11.0. The first kappa shape index (κ1) is 21.8. The molecule has 0 spiro atoms. The molecular formula is C19H23ClN2O5S. The van der Waals surface area contributed by atoms with E-state index in [1.807, 2.05) is 12.1 Å². The Balaban J connectivity index is 2.00. The van der Waals surface area contributed by atoms with Gasteiger partial charge in [0.15, 0.2) is 11.5 Å². The highest BCUT2D eigenvalue weighted by atomic mass is 35.5.